The standard InChI is InChI=1S/C19H19ClN2O/c20-16-8-7-13(10-17(16)21)19(23)22-9-3-6-15-14-5-2-1-4-12(14)11-18(15)22/h1-2,4-5,7-8,10,15,18H,3,6,9,11,21H2/t15-,18+/m0/s1. The molecule has 0 radical (unpaired) electrons. The third kappa shape index (κ3) is 2.40. The van der Waals surface area contributed by atoms with E-state index in [-0.39, 0.29) is 11.9 Å². The molecule has 23 heavy (non-hydrogen) atoms. The second-order valence-corrected chi connectivity index (χ2v) is 6.86. The van der Waals surface area contributed by atoms with Gasteiger partial charge >= 0.3 is 0 Å². The van der Waals surface area contributed by atoms with E-state index in [4.69, 9.17) is 17.3 Å². The fourth-order valence-corrected chi connectivity index (χ4v) is 4.19. The monoisotopic (exact) mass is 326 g/mol. The number of halogens is 1. The van der Waals surface area contributed by atoms with E-state index < -0.39 is 0 Å². The lowest BCUT2D eigenvalue weighted by Crippen LogP contribution is -2.46. The third-order valence-electron chi connectivity index (χ3n) is 5.17. The number of hydrogen-bond donors (Lipinski definition) is 1. The largest absolute Gasteiger partial charge is 0.398 e. The molecule has 0 unspecified atom stereocenters. The Bertz CT molecular complexity index is 774. The van der Waals surface area contributed by atoms with Crippen molar-refractivity contribution >= 4 is 23.2 Å². The van der Waals surface area contributed by atoms with Crippen LogP contribution >= 0.6 is 11.6 Å². The van der Waals surface area contributed by atoms with Gasteiger partial charge in [0.1, 0.15) is 0 Å². The number of fused-ring (bicyclic) bond motifs is 3. The smallest absolute Gasteiger partial charge is 0.254 e. The maximum absolute atomic E-state index is 13.0. The Balaban J connectivity index is 1.65. The van der Waals surface area contributed by atoms with Gasteiger partial charge in [0.05, 0.1) is 10.7 Å². The van der Waals surface area contributed by atoms with Gasteiger partial charge in [0.15, 0.2) is 0 Å². The van der Waals surface area contributed by atoms with Gasteiger partial charge in [-0.15, -0.1) is 0 Å². The second-order valence-electron chi connectivity index (χ2n) is 6.45. The van der Waals surface area contributed by atoms with Crippen molar-refractivity contribution in [2.24, 2.45) is 0 Å². The molecular formula is C19H19ClN2O. The lowest BCUT2D eigenvalue weighted by molar-refractivity contribution is 0.0595. The number of nitrogens with zero attached hydrogens (tertiary/aromatic N) is 1. The summed E-state index contributed by atoms with van der Waals surface area (Å²) in [4.78, 5) is 15.0. The number of amides is 1. The molecule has 118 valence electrons. The van der Waals surface area contributed by atoms with Gasteiger partial charge in [-0.1, -0.05) is 35.9 Å². The Morgan fingerprint density at radius 2 is 2.04 bits per heavy atom. The van der Waals surface area contributed by atoms with Gasteiger partial charge in [-0.2, -0.15) is 0 Å². The molecule has 4 heteroatoms. The summed E-state index contributed by atoms with van der Waals surface area (Å²) in [6.45, 7) is 0.816. The number of benzene rings is 2. The fourth-order valence-electron chi connectivity index (χ4n) is 4.07. The molecule has 1 aliphatic heterocycles. The number of carbonyl (C=O) groups is 1. The molecule has 0 aromatic heterocycles. The SMILES string of the molecule is Nc1cc(C(=O)N2CCC[C@H]3c4ccccc4C[C@H]32)ccc1Cl. The van der Waals surface area contributed by atoms with Crippen LogP contribution in [-0.4, -0.2) is 23.4 Å². The first-order chi connectivity index (χ1) is 11.1. The minimum Gasteiger partial charge on any atom is -0.398 e. The summed E-state index contributed by atoms with van der Waals surface area (Å²) in [6, 6.07) is 14.0. The average Bonchev–Trinajstić information content (AvgIpc) is 2.95. The predicted octanol–water partition coefficient (Wildman–Crippen LogP) is 3.87. The van der Waals surface area contributed by atoms with Crippen molar-refractivity contribution in [3.05, 3.63) is 64.2 Å². The van der Waals surface area contributed by atoms with Gasteiger partial charge in [-0.05, 0) is 48.6 Å². The highest BCUT2D eigenvalue weighted by Gasteiger charge is 2.40. The van der Waals surface area contributed by atoms with Gasteiger partial charge in [-0.3, -0.25) is 4.79 Å². The highest BCUT2D eigenvalue weighted by molar-refractivity contribution is 6.33. The molecule has 1 aliphatic carbocycles. The Hall–Kier alpha value is -2.00. The van der Waals surface area contributed by atoms with Crippen LogP contribution in [0.3, 0.4) is 0 Å². The van der Waals surface area contributed by atoms with Crippen molar-refractivity contribution in [2.45, 2.75) is 31.2 Å². The van der Waals surface area contributed by atoms with E-state index in [1.54, 1.807) is 18.2 Å². The van der Waals surface area contributed by atoms with E-state index in [9.17, 15) is 4.79 Å². The highest BCUT2D eigenvalue weighted by atomic mass is 35.5. The summed E-state index contributed by atoms with van der Waals surface area (Å²) < 4.78 is 0. The molecule has 4 rings (SSSR count). The highest BCUT2D eigenvalue weighted by Crippen LogP contribution is 2.42. The molecule has 0 bridgehead atoms. The van der Waals surface area contributed by atoms with Crippen LogP contribution in [0.25, 0.3) is 0 Å². The van der Waals surface area contributed by atoms with Crippen LogP contribution in [0.4, 0.5) is 5.69 Å². The minimum absolute atomic E-state index is 0.0656. The van der Waals surface area contributed by atoms with E-state index in [0.717, 1.165) is 25.8 Å². The molecule has 1 heterocycles. The van der Waals surface area contributed by atoms with Crippen LogP contribution in [-0.2, 0) is 6.42 Å². The van der Waals surface area contributed by atoms with Crippen LogP contribution in [0.15, 0.2) is 42.5 Å². The number of carbonyl (C=O) groups excluding carboxylic acids is 1. The zero-order valence-electron chi connectivity index (χ0n) is 12.8. The molecule has 2 aromatic rings. The van der Waals surface area contributed by atoms with E-state index in [1.165, 1.54) is 11.1 Å². The number of piperidine rings is 1. The molecule has 1 amide bonds. The first-order valence-electron chi connectivity index (χ1n) is 8.09. The number of nitrogen functional groups attached to an aromatic ring is 1. The number of hydrogen-bond acceptors (Lipinski definition) is 2. The topological polar surface area (TPSA) is 46.3 Å². The van der Waals surface area contributed by atoms with E-state index in [0.29, 0.717) is 22.2 Å². The lowest BCUT2D eigenvalue weighted by Gasteiger charge is -2.38. The summed E-state index contributed by atoms with van der Waals surface area (Å²) in [5.74, 6) is 0.532. The summed E-state index contributed by atoms with van der Waals surface area (Å²) in [6.07, 6.45) is 3.16. The maximum Gasteiger partial charge on any atom is 0.254 e. The van der Waals surface area contributed by atoms with Gasteiger partial charge in [0, 0.05) is 24.1 Å². The van der Waals surface area contributed by atoms with Crippen LogP contribution < -0.4 is 5.73 Å². The van der Waals surface area contributed by atoms with Gasteiger partial charge in [0.25, 0.3) is 5.91 Å². The third-order valence-corrected chi connectivity index (χ3v) is 5.51. The Morgan fingerprint density at radius 3 is 2.87 bits per heavy atom. The van der Waals surface area contributed by atoms with Crippen LogP contribution in [0.1, 0.15) is 40.2 Å². The lowest BCUT2D eigenvalue weighted by atomic mass is 9.88. The fraction of sp³-hybridized carbons (Fsp3) is 0.316. The first kappa shape index (κ1) is 14.6. The van der Waals surface area contributed by atoms with Crippen LogP contribution in [0.2, 0.25) is 5.02 Å². The molecule has 1 saturated heterocycles. The number of anilines is 1. The van der Waals surface area contributed by atoms with Gasteiger partial charge in [0.2, 0.25) is 0 Å². The van der Waals surface area contributed by atoms with Gasteiger partial charge in [-0.25, -0.2) is 0 Å². The summed E-state index contributed by atoms with van der Waals surface area (Å²) >= 11 is 5.97. The maximum atomic E-state index is 13.0. The van der Waals surface area contributed by atoms with Gasteiger partial charge < -0.3 is 10.6 Å². The summed E-state index contributed by atoms with van der Waals surface area (Å²) in [5.41, 5.74) is 9.76. The zero-order valence-corrected chi connectivity index (χ0v) is 13.6. The van der Waals surface area contributed by atoms with Crippen LogP contribution in [0.5, 0.6) is 0 Å². The molecule has 0 saturated carbocycles. The molecule has 1 fully saturated rings. The normalized spacial score (nSPS) is 22.6. The van der Waals surface area contributed by atoms with Crippen molar-refractivity contribution in [2.75, 3.05) is 12.3 Å². The Kier molecular flexibility index (Phi) is 3.53. The second kappa shape index (κ2) is 5.57. The molecule has 3 nitrogen and oxygen atoms in total. The summed E-state index contributed by atoms with van der Waals surface area (Å²) in [5, 5.41) is 0.492. The van der Waals surface area contributed by atoms with Crippen LogP contribution in [0, 0.1) is 0 Å². The number of nitrogens with two attached hydrogens (primary N) is 1. The van der Waals surface area contributed by atoms with Crippen molar-refractivity contribution in [3.8, 4) is 0 Å². The Labute approximate surface area is 141 Å². The summed E-state index contributed by atoms with van der Waals surface area (Å²) in [7, 11) is 0. The first-order valence-corrected chi connectivity index (χ1v) is 8.47. The van der Waals surface area contributed by atoms with Crippen molar-refractivity contribution < 1.29 is 4.79 Å². The van der Waals surface area contributed by atoms with E-state index in [1.807, 2.05) is 4.90 Å². The zero-order chi connectivity index (χ0) is 16.0. The molecular weight excluding hydrogens is 308 g/mol. The minimum atomic E-state index is 0.0656. The quantitative estimate of drug-likeness (QED) is 0.809. The molecule has 2 aromatic carbocycles. The van der Waals surface area contributed by atoms with Crippen molar-refractivity contribution in [1.29, 1.82) is 0 Å². The van der Waals surface area contributed by atoms with Crippen molar-refractivity contribution in [3.63, 3.8) is 0 Å². The number of rotatable bonds is 1. The number of likely N-dealkylation sites (tertiary alicyclic amines) is 1. The molecule has 2 N–H and O–H groups in total. The molecule has 2 aliphatic rings. The Morgan fingerprint density at radius 1 is 1.22 bits per heavy atom. The van der Waals surface area contributed by atoms with E-state index >= 15 is 0 Å². The average molecular weight is 327 g/mol. The molecule has 2 atom stereocenters. The van der Waals surface area contributed by atoms with Crippen molar-refractivity contribution in [1.82, 2.24) is 4.90 Å². The van der Waals surface area contributed by atoms with E-state index in [2.05, 4.69) is 24.3 Å². The molecule has 0 spiro atoms. The predicted molar refractivity (Wildman–Crippen MR) is 92.8 cm³/mol.